The molecule has 2 aromatic rings. The Morgan fingerprint density at radius 2 is 1.90 bits per heavy atom. The fraction of sp³-hybridized carbons (Fsp3) is 0.250. The maximum absolute atomic E-state index is 12.4. The predicted octanol–water partition coefficient (Wildman–Crippen LogP) is 3.14. The van der Waals surface area contributed by atoms with E-state index in [1.807, 2.05) is 0 Å². The molecule has 0 spiro atoms. The molecule has 0 unspecified atom stereocenters. The number of aromatic nitrogens is 2. The first-order valence-corrected chi connectivity index (χ1v) is 7.94. The van der Waals surface area contributed by atoms with E-state index in [-0.39, 0.29) is 9.92 Å². The lowest BCUT2D eigenvalue weighted by Crippen LogP contribution is -2.14. The van der Waals surface area contributed by atoms with Gasteiger partial charge in [0.25, 0.3) is 10.0 Å². The topological polar surface area (TPSA) is 64.0 Å². The summed E-state index contributed by atoms with van der Waals surface area (Å²) >= 11 is 11.8. The van der Waals surface area contributed by atoms with Gasteiger partial charge in [-0.05, 0) is 32.0 Å². The maximum Gasteiger partial charge on any atom is 0.263 e. The Hall–Kier alpha value is -1.24. The number of aryl methyl sites for hydroxylation is 2. The second-order valence-electron chi connectivity index (χ2n) is 4.35. The van der Waals surface area contributed by atoms with Crippen LogP contribution in [0.1, 0.15) is 11.4 Å². The molecular formula is C12H13Cl2N3O2S. The monoisotopic (exact) mass is 333 g/mol. The van der Waals surface area contributed by atoms with E-state index >= 15 is 0 Å². The second-order valence-corrected chi connectivity index (χ2v) is 6.84. The predicted molar refractivity (Wildman–Crippen MR) is 80.0 cm³/mol. The second kappa shape index (κ2) is 5.27. The molecule has 0 atom stereocenters. The van der Waals surface area contributed by atoms with Gasteiger partial charge in [0, 0.05) is 12.1 Å². The average Bonchev–Trinajstić information content (AvgIpc) is 2.59. The Balaban J connectivity index is 2.49. The van der Waals surface area contributed by atoms with Gasteiger partial charge in [-0.2, -0.15) is 5.10 Å². The number of rotatable bonds is 3. The van der Waals surface area contributed by atoms with Gasteiger partial charge in [-0.1, -0.05) is 23.2 Å². The van der Waals surface area contributed by atoms with Crippen LogP contribution in [0.3, 0.4) is 0 Å². The van der Waals surface area contributed by atoms with Crippen molar-refractivity contribution < 1.29 is 8.42 Å². The van der Waals surface area contributed by atoms with Crippen LogP contribution in [0.15, 0.2) is 23.1 Å². The fourth-order valence-electron chi connectivity index (χ4n) is 1.79. The minimum atomic E-state index is -3.82. The molecule has 1 heterocycles. The lowest BCUT2D eigenvalue weighted by atomic mass is 10.3. The Kier molecular flexibility index (Phi) is 4.00. The van der Waals surface area contributed by atoms with Gasteiger partial charge in [0.05, 0.1) is 22.1 Å². The minimum Gasteiger partial charge on any atom is -0.276 e. The van der Waals surface area contributed by atoms with E-state index in [1.54, 1.807) is 25.6 Å². The van der Waals surface area contributed by atoms with Crippen LogP contribution < -0.4 is 4.72 Å². The molecule has 0 amide bonds. The third-order valence-corrected chi connectivity index (χ3v) is 4.99. The molecule has 0 radical (unpaired) electrons. The highest BCUT2D eigenvalue weighted by Gasteiger charge is 2.22. The van der Waals surface area contributed by atoms with E-state index in [1.165, 1.54) is 18.2 Å². The highest BCUT2D eigenvalue weighted by atomic mass is 35.5. The zero-order chi connectivity index (χ0) is 15.1. The Bertz CT molecular complexity index is 769. The molecule has 0 aliphatic rings. The van der Waals surface area contributed by atoms with Gasteiger partial charge in [0.2, 0.25) is 0 Å². The van der Waals surface area contributed by atoms with Crippen molar-refractivity contribution in [2.75, 3.05) is 4.72 Å². The van der Waals surface area contributed by atoms with Crippen molar-refractivity contribution in [2.45, 2.75) is 18.7 Å². The first-order valence-electron chi connectivity index (χ1n) is 5.70. The summed E-state index contributed by atoms with van der Waals surface area (Å²) in [7, 11) is -2.08. The third kappa shape index (κ3) is 2.77. The Morgan fingerprint density at radius 1 is 1.25 bits per heavy atom. The number of hydrogen-bond acceptors (Lipinski definition) is 3. The molecule has 1 aromatic carbocycles. The largest absolute Gasteiger partial charge is 0.276 e. The standard InChI is InChI=1S/C12H13Cl2N3O2S/c1-7-12(8(2)17(3)15-7)16-20(18,19)11-6-9(13)4-5-10(11)14/h4-6,16H,1-3H3. The number of anilines is 1. The number of halogens is 2. The number of sulfonamides is 1. The van der Waals surface area contributed by atoms with E-state index in [0.29, 0.717) is 22.1 Å². The van der Waals surface area contributed by atoms with Crippen LogP contribution in [-0.2, 0) is 17.1 Å². The molecule has 2 rings (SSSR count). The summed E-state index contributed by atoms with van der Waals surface area (Å²) in [5.41, 5.74) is 1.75. The summed E-state index contributed by atoms with van der Waals surface area (Å²) in [6.45, 7) is 3.50. The molecule has 0 saturated carbocycles. The van der Waals surface area contributed by atoms with E-state index < -0.39 is 10.0 Å². The van der Waals surface area contributed by atoms with E-state index in [9.17, 15) is 8.42 Å². The molecule has 0 bridgehead atoms. The van der Waals surface area contributed by atoms with Crippen molar-refractivity contribution in [3.63, 3.8) is 0 Å². The molecule has 0 aliphatic carbocycles. The summed E-state index contributed by atoms with van der Waals surface area (Å²) in [5.74, 6) is 0. The normalized spacial score (nSPS) is 11.7. The maximum atomic E-state index is 12.4. The average molecular weight is 334 g/mol. The van der Waals surface area contributed by atoms with E-state index in [0.717, 1.165) is 0 Å². The molecular weight excluding hydrogens is 321 g/mol. The number of nitrogens with one attached hydrogen (secondary N) is 1. The van der Waals surface area contributed by atoms with Crippen LogP contribution in [-0.4, -0.2) is 18.2 Å². The highest BCUT2D eigenvalue weighted by Crippen LogP contribution is 2.28. The van der Waals surface area contributed by atoms with Crippen LogP contribution in [0.25, 0.3) is 0 Å². The zero-order valence-electron chi connectivity index (χ0n) is 11.1. The lowest BCUT2D eigenvalue weighted by Gasteiger charge is -2.10. The van der Waals surface area contributed by atoms with Crippen molar-refractivity contribution >= 4 is 38.9 Å². The van der Waals surface area contributed by atoms with Crippen LogP contribution in [0, 0.1) is 13.8 Å². The molecule has 1 N–H and O–H groups in total. The van der Waals surface area contributed by atoms with Crippen molar-refractivity contribution in [1.29, 1.82) is 0 Å². The first-order chi connectivity index (χ1) is 9.22. The highest BCUT2D eigenvalue weighted by molar-refractivity contribution is 7.92. The van der Waals surface area contributed by atoms with E-state index in [2.05, 4.69) is 9.82 Å². The molecule has 5 nitrogen and oxygen atoms in total. The Labute approximate surface area is 127 Å². The summed E-state index contributed by atoms with van der Waals surface area (Å²) in [5, 5.41) is 4.57. The van der Waals surface area contributed by atoms with Gasteiger partial charge in [0.1, 0.15) is 4.90 Å². The summed E-state index contributed by atoms with van der Waals surface area (Å²) < 4.78 is 28.9. The molecule has 8 heteroatoms. The molecule has 1 aromatic heterocycles. The molecule has 108 valence electrons. The van der Waals surface area contributed by atoms with Crippen LogP contribution in [0.2, 0.25) is 10.0 Å². The summed E-state index contributed by atoms with van der Waals surface area (Å²) in [4.78, 5) is -0.0608. The fourth-order valence-corrected chi connectivity index (χ4v) is 3.73. The van der Waals surface area contributed by atoms with Crippen LogP contribution in [0.4, 0.5) is 5.69 Å². The number of nitrogens with zero attached hydrogens (tertiary/aromatic N) is 2. The molecule has 20 heavy (non-hydrogen) atoms. The van der Waals surface area contributed by atoms with Crippen LogP contribution >= 0.6 is 23.2 Å². The van der Waals surface area contributed by atoms with Crippen molar-refractivity contribution in [3.05, 3.63) is 39.6 Å². The summed E-state index contributed by atoms with van der Waals surface area (Å²) in [6, 6.07) is 4.29. The van der Waals surface area contributed by atoms with Crippen molar-refractivity contribution in [3.8, 4) is 0 Å². The molecule has 0 aliphatic heterocycles. The van der Waals surface area contributed by atoms with Crippen molar-refractivity contribution in [2.24, 2.45) is 7.05 Å². The Morgan fingerprint density at radius 3 is 2.45 bits per heavy atom. The van der Waals surface area contributed by atoms with Gasteiger partial charge in [-0.3, -0.25) is 9.40 Å². The quantitative estimate of drug-likeness (QED) is 0.938. The van der Waals surface area contributed by atoms with Gasteiger partial charge < -0.3 is 0 Å². The van der Waals surface area contributed by atoms with Gasteiger partial charge in [0.15, 0.2) is 0 Å². The van der Waals surface area contributed by atoms with E-state index in [4.69, 9.17) is 23.2 Å². The molecule has 0 saturated heterocycles. The van der Waals surface area contributed by atoms with Crippen molar-refractivity contribution in [1.82, 2.24) is 9.78 Å². The number of hydrogen-bond donors (Lipinski definition) is 1. The smallest absolute Gasteiger partial charge is 0.263 e. The zero-order valence-corrected chi connectivity index (χ0v) is 13.4. The SMILES string of the molecule is Cc1nn(C)c(C)c1NS(=O)(=O)c1cc(Cl)ccc1Cl. The summed E-state index contributed by atoms with van der Waals surface area (Å²) in [6.07, 6.45) is 0. The van der Waals surface area contributed by atoms with Gasteiger partial charge in [-0.25, -0.2) is 8.42 Å². The lowest BCUT2D eigenvalue weighted by molar-refractivity contribution is 0.601. The van der Waals surface area contributed by atoms with Crippen LogP contribution in [0.5, 0.6) is 0 Å². The van der Waals surface area contributed by atoms with Gasteiger partial charge in [-0.15, -0.1) is 0 Å². The minimum absolute atomic E-state index is 0.0608. The number of benzene rings is 1. The molecule has 0 fully saturated rings. The first kappa shape index (κ1) is 15.2. The van der Waals surface area contributed by atoms with Gasteiger partial charge >= 0.3 is 0 Å². The third-order valence-electron chi connectivity index (χ3n) is 2.93.